The molecule has 0 aromatic heterocycles. The van der Waals surface area contributed by atoms with Crippen LogP contribution in [0.25, 0.3) is 0 Å². The molecule has 0 bridgehead atoms. The van der Waals surface area contributed by atoms with Crippen molar-refractivity contribution in [2.75, 3.05) is 26.3 Å². The van der Waals surface area contributed by atoms with Crippen molar-refractivity contribution in [2.24, 2.45) is 0 Å². The second-order valence-corrected chi connectivity index (χ2v) is 6.25. The van der Waals surface area contributed by atoms with Gasteiger partial charge in [-0.15, -0.1) is 0 Å². The first-order valence-electron chi connectivity index (χ1n) is 9.10. The summed E-state index contributed by atoms with van der Waals surface area (Å²) >= 11 is 0. The molecule has 1 unspecified atom stereocenters. The monoisotopic (exact) mass is 355 g/mol. The summed E-state index contributed by atoms with van der Waals surface area (Å²) in [5.74, 6) is 2.35. The first-order valence-corrected chi connectivity index (χ1v) is 9.10. The Labute approximate surface area is 154 Å². The third-order valence-electron chi connectivity index (χ3n) is 4.17. The zero-order valence-electron chi connectivity index (χ0n) is 15.1. The third-order valence-corrected chi connectivity index (χ3v) is 4.17. The molecule has 0 aliphatic carbocycles. The molecule has 5 nitrogen and oxygen atoms in total. The molecule has 1 aliphatic rings. The minimum Gasteiger partial charge on any atom is -0.493 e. The fourth-order valence-corrected chi connectivity index (χ4v) is 2.92. The lowest BCUT2D eigenvalue weighted by atomic mass is 10.2. The summed E-state index contributed by atoms with van der Waals surface area (Å²) in [6, 6.07) is 17.2. The summed E-state index contributed by atoms with van der Waals surface area (Å²) in [5.41, 5.74) is 0. The van der Waals surface area contributed by atoms with Gasteiger partial charge in [0, 0.05) is 6.54 Å². The predicted molar refractivity (Wildman–Crippen MR) is 99.8 cm³/mol. The molecule has 1 aliphatic heterocycles. The van der Waals surface area contributed by atoms with Crippen LogP contribution < -0.4 is 14.2 Å². The highest BCUT2D eigenvalue weighted by Gasteiger charge is 2.25. The lowest BCUT2D eigenvalue weighted by Crippen LogP contribution is -2.44. The number of benzene rings is 2. The first-order chi connectivity index (χ1) is 12.8. The number of fused-ring (bicyclic) bond motifs is 1. The van der Waals surface area contributed by atoms with E-state index in [1.54, 1.807) is 0 Å². The van der Waals surface area contributed by atoms with Crippen LogP contribution in [0.4, 0.5) is 0 Å². The Balaban J connectivity index is 1.51. The molecular formula is C21H25NO4. The van der Waals surface area contributed by atoms with E-state index in [-0.39, 0.29) is 12.0 Å². The van der Waals surface area contributed by atoms with Crippen molar-refractivity contribution in [3.63, 3.8) is 0 Å². The summed E-state index contributed by atoms with van der Waals surface area (Å²) in [6.45, 7) is 4.10. The van der Waals surface area contributed by atoms with E-state index < -0.39 is 0 Å². The zero-order chi connectivity index (χ0) is 18.2. The highest BCUT2D eigenvalue weighted by Crippen LogP contribution is 2.31. The maximum atomic E-state index is 12.6. The van der Waals surface area contributed by atoms with Gasteiger partial charge in [0.2, 0.25) is 5.91 Å². The molecule has 0 radical (unpaired) electrons. The average Bonchev–Trinajstić information content (AvgIpc) is 2.68. The molecule has 26 heavy (non-hydrogen) atoms. The number of hydrogen-bond acceptors (Lipinski definition) is 4. The predicted octanol–water partition coefficient (Wildman–Crippen LogP) is 3.53. The Morgan fingerprint density at radius 3 is 2.62 bits per heavy atom. The molecular weight excluding hydrogens is 330 g/mol. The van der Waals surface area contributed by atoms with Crippen LogP contribution in [0, 0.1) is 0 Å². The lowest BCUT2D eigenvalue weighted by molar-refractivity contribution is -0.133. The summed E-state index contributed by atoms with van der Waals surface area (Å²) in [4.78, 5) is 14.4. The fourth-order valence-electron chi connectivity index (χ4n) is 2.92. The quantitative estimate of drug-likeness (QED) is 0.727. The molecule has 0 saturated carbocycles. The maximum Gasteiger partial charge on any atom is 0.226 e. The van der Waals surface area contributed by atoms with E-state index >= 15 is 0 Å². The highest BCUT2D eigenvalue weighted by atomic mass is 16.6. The van der Waals surface area contributed by atoms with Gasteiger partial charge >= 0.3 is 0 Å². The van der Waals surface area contributed by atoms with Crippen LogP contribution in [0.15, 0.2) is 54.6 Å². The molecule has 1 amide bonds. The van der Waals surface area contributed by atoms with E-state index in [2.05, 4.69) is 6.92 Å². The fraction of sp³-hybridized carbons (Fsp3) is 0.381. The molecule has 2 aromatic rings. The molecule has 1 heterocycles. The summed E-state index contributed by atoms with van der Waals surface area (Å²) in [7, 11) is 0. The van der Waals surface area contributed by atoms with Crippen molar-refractivity contribution in [3.8, 4) is 17.2 Å². The third kappa shape index (κ3) is 4.91. The summed E-state index contributed by atoms with van der Waals surface area (Å²) in [6.07, 6.45) is 1.09. The molecule has 3 rings (SSSR count). The van der Waals surface area contributed by atoms with Gasteiger partial charge in [-0.05, 0) is 30.7 Å². The van der Waals surface area contributed by atoms with Crippen LogP contribution >= 0.6 is 0 Å². The topological polar surface area (TPSA) is 48.0 Å². The maximum absolute atomic E-state index is 12.6. The SMILES string of the molecule is CCCN(CC1COc2ccccc2O1)C(=O)CCOc1ccccc1. The molecule has 0 fully saturated rings. The minimum absolute atomic E-state index is 0.0743. The largest absolute Gasteiger partial charge is 0.493 e. The first kappa shape index (κ1) is 18.1. The Bertz CT molecular complexity index is 704. The highest BCUT2D eigenvalue weighted by molar-refractivity contribution is 5.76. The average molecular weight is 355 g/mol. The molecule has 5 heteroatoms. The van der Waals surface area contributed by atoms with Crippen LogP contribution in [0.1, 0.15) is 19.8 Å². The number of nitrogens with zero attached hydrogens (tertiary/aromatic N) is 1. The van der Waals surface area contributed by atoms with E-state index in [4.69, 9.17) is 14.2 Å². The van der Waals surface area contributed by atoms with Crippen molar-refractivity contribution >= 4 is 5.91 Å². The van der Waals surface area contributed by atoms with Crippen molar-refractivity contribution in [1.29, 1.82) is 0 Å². The van der Waals surface area contributed by atoms with Crippen molar-refractivity contribution in [1.82, 2.24) is 4.90 Å². The van der Waals surface area contributed by atoms with E-state index in [9.17, 15) is 4.79 Å². The van der Waals surface area contributed by atoms with Crippen molar-refractivity contribution in [3.05, 3.63) is 54.6 Å². The number of carbonyl (C=O) groups excluding carboxylic acids is 1. The lowest BCUT2D eigenvalue weighted by Gasteiger charge is -2.31. The van der Waals surface area contributed by atoms with Gasteiger partial charge in [0.05, 0.1) is 19.6 Å². The van der Waals surface area contributed by atoms with E-state index in [1.807, 2.05) is 59.5 Å². The minimum atomic E-state index is -0.157. The van der Waals surface area contributed by atoms with Gasteiger partial charge in [-0.3, -0.25) is 4.79 Å². The number of hydrogen-bond donors (Lipinski definition) is 0. The molecule has 1 atom stereocenters. The number of carbonyl (C=O) groups is 1. The number of para-hydroxylation sites is 3. The van der Waals surface area contributed by atoms with Crippen molar-refractivity contribution < 1.29 is 19.0 Å². The van der Waals surface area contributed by atoms with E-state index in [0.717, 1.165) is 23.7 Å². The van der Waals surface area contributed by atoms with Gasteiger partial charge in [0.1, 0.15) is 12.4 Å². The molecule has 0 spiro atoms. The molecule has 0 saturated heterocycles. The molecule has 0 N–H and O–H groups in total. The van der Waals surface area contributed by atoms with Crippen LogP contribution in [0.5, 0.6) is 17.2 Å². The van der Waals surface area contributed by atoms with E-state index in [1.165, 1.54) is 0 Å². The van der Waals surface area contributed by atoms with Crippen LogP contribution in [-0.4, -0.2) is 43.2 Å². The van der Waals surface area contributed by atoms with Crippen molar-refractivity contribution in [2.45, 2.75) is 25.9 Å². The van der Waals surface area contributed by atoms with Crippen LogP contribution in [0.2, 0.25) is 0 Å². The molecule has 2 aromatic carbocycles. The second-order valence-electron chi connectivity index (χ2n) is 6.25. The number of amides is 1. The number of rotatable bonds is 8. The normalized spacial score (nSPS) is 15.3. The Morgan fingerprint density at radius 2 is 1.85 bits per heavy atom. The molecule has 138 valence electrons. The van der Waals surface area contributed by atoms with Crippen LogP contribution in [0.3, 0.4) is 0 Å². The number of ether oxygens (including phenoxy) is 3. The van der Waals surface area contributed by atoms with Gasteiger partial charge in [0.25, 0.3) is 0 Å². The Kier molecular flexibility index (Phi) is 6.36. The van der Waals surface area contributed by atoms with Gasteiger partial charge in [-0.25, -0.2) is 0 Å². The standard InChI is InChI=1S/C21H25NO4/c1-2-13-22(21(23)12-14-24-17-8-4-3-5-9-17)15-18-16-25-19-10-6-7-11-20(19)26-18/h3-11,18H,2,12-16H2,1H3. The van der Waals surface area contributed by atoms with Crippen LogP contribution in [-0.2, 0) is 4.79 Å². The van der Waals surface area contributed by atoms with Gasteiger partial charge in [0.15, 0.2) is 17.6 Å². The Hall–Kier alpha value is -2.69. The Morgan fingerprint density at radius 1 is 1.12 bits per heavy atom. The summed E-state index contributed by atoms with van der Waals surface area (Å²) in [5, 5.41) is 0. The van der Waals surface area contributed by atoms with E-state index in [0.29, 0.717) is 32.7 Å². The second kappa shape index (κ2) is 9.13. The zero-order valence-corrected chi connectivity index (χ0v) is 15.1. The van der Waals surface area contributed by atoms with Gasteiger partial charge in [-0.2, -0.15) is 0 Å². The summed E-state index contributed by atoms with van der Waals surface area (Å²) < 4.78 is 17.4. The van der Waals surface area contributed by atoms with Gasteiger partial charge < -0.3 is 19.1 Å². The van der Waals surface area contributed by atoms with Gasteiger partial charge in [-0.1, -0.05) is 37.3 Å². The smallest absolute Gasteiger partial charge is 0.226 e.